The van der Waals surface area contributed by atoms with Gasteiger partial charge in [0.05, 0.1) is 19.8 Å². The minimum atomic E-state index is -1.93. The number of benzene rings is 2. The molecule has 0 spiro atoms. The second-order valence-corrected chi connectivity index (χ2v) is 9.89. The Bertz CT molecular complexity index is 1120. The van der Waals surface area contributed by atoms with E-state index in [9.17, 15) is 14.4 Å². The number of carbonyl (C=O) groups excluding carboxylic acids is 3. The molecule has 40 heavy (non-hydrogen) atoms. The standard InChI is InChI=1S/C29H41N5O6/c1-5-6-18-40-31-27(36)29(2,28(37)33(4)30)32(3)26(35)24-9-7-22(8-10-24)23-11-13-25(14-12-23)39-21-17-34-15-19-38-20-16-34/h7-14H,5-6,15-21,30H2,1-4H3,(H,31,36)/t29-/m1/s1. The van der Waals surface area contributed by atoms with Gasteiger partial charge in [0.2, 0.25) is 5.54 Å². The average Bonchev–Trinajstić information content (AvgIpc) is 2.98. The lowest BCUT2D eigenvalue weighted by molar-refractivity contribution is -0.156. The molecule has 218 valence electrons. The van der Waals surface area contributed by atoms with E-state index in [1.165, 1.54) is 21.0 Å². The average molecular weight is 556 g/mol. The van der Waals surface area contributed by atoms with Crippen molar-refractivity contribution >= 4 is 17.7 Å². The van der Waals surface area contributed by atoms with Gasteiger partial charge in [-0.15, -0.1) is 0 Å². The molecule has 1 atom stereocenters. The van der Waals surface area contributed by atoms with Gasteiger partial charge < -0.3 is 14.4 Å². The van der Waals surface area contributed by atoms with Gasteiger partial charge in [-0.3, -0.25) is 29.1 Å². The molecule has 1 aliphatic heterocycles. The first-order valence-electron chi connectivity index (χ1n) is 13.5. The summed E-state index contributed by atoms with van der Waals surface area (Å²) in [5.41, 5.74) is 2.54. The fourth-order valence-electron chi connectivity index (χ4n) is 4.23. The van der Waals surface area contributed by atoms with Crippen LogP contribution in [0.4, 0.5) is 0 Å². The number of carbonyl (C=O) groups is 3. The first-order valence-corrected chi connectivity index (χ1v) is 13.5. The number of likely N-dealkylation sites (N-methyl/N-ethyl adjacent to an activating group) is 2. The summed E-state index contributed by atoms with van der Waals surface area (Å²) in [7, 11) is 2.71. The number of ether oxygens (including phenoxy) is 2. The van der Waals surface area contributed by atoms with Crippen molar-refractivity contribution in [3.05, 3.63) is 54.1 Å². The van der Waals surface area contributed by atoms with Crippen LogP contribution in [0.5, 0.6) is 5.75 Å². The molecule has 0 aromatic heterocycles. The first-order chi connectivity index (χ1) is 19.2. The molecule has 1 aliphatic rings. The van der Waals surface area contributed by atoms with Crippen molar-refractivity contribution in [2.45, 2.75) is 32.2 Å². The van der Waals surface area contributed by atoms with Crippen LogP contribution in [0, 0.1) is 0 Å². The largest absolute Gasteiger partial charge is 0.492 e. The molecule has 0 unspecified atom stereocenters. The lowest BCUT2D eigenvalue weighted by Gasteiger charge is -2.37. The van der Waals surface area contributed by atoms with Crippen LogP contribution in [-0.2, 0) is 19.2 Å². The van der Waals surface area contributed by atoms with Crippen LogP contribution in [0.2, 0.25) is 0 Å². The van der Waals surface area contributed by atoms with Crippen LogP contribution in [0.25, 0.3) is 11.1 Å². The third-order valence-corrected chi connectivity index (χ3v) is 7.02. The molecule has 1 heterocycles. The fraction of sp³-hybridized carbons (Fsp3) is 0.483. The Kier molecular flexibility index (Phi) is 11.4. The number of nitrogens with one attached hydrogen (secondary N) is 1. The van der Waals surface area contributed by atoms with Gasteiger partial charge in [0.1, 0.15) is 12.4 Å². The highest BCUT2D eigenvalue weighted by Crippen LogP contribution is 2.25. The molecule has 0 saturated carbocycles. The molecule has 1 saturated heterocycles. The fourth-order valence-corrected chi connectivity index (χ4v) is 4.23. The summed E-state index contributed by atoms with van der Waals surface area (Å²) in [4.78, 5) is 47.9. The quantitative estimate of drug-likeness (QED) is 0.127. The lowest BCUT2D eigenvalue weighted by Crippen LogP contribution is -2.66. The summed E-state index contributed by atoms with van der Waals surface area (Å²) in [6, 6.07) is 14.7. The molecule has 3 rings (SSSR count). The van der Waals surface area contributed by atoms with Crippen LogP contribution in [0.15, 0.2) is 48.5 Å². The number of amides is 3. The number of nitrogens with zero attached hydrogens (tertiary/aromatic N) is 3. The van der Waals surface area contributed by atoms with E-state index in [0.29, 0.717) is 12.2 Å². The van der Waals surface area contributed by atoms with Gasteiger partial charge in [-0.2, -0.15) is 0 Å². The first kappa shape index (κ1) is 31.0. The molecule has 0 aliphatic carbocycles. The summed E-state index contributed by atoms with van der Waals surface area (Å²) in [6.45, 7) is 8.46. The number of nitrogens with two attached hydrogens (primary N) is 1. The maximum Gasteiger partial charge on any atom is 0.279 e. The summed E-state index contributed by atoms with van der Waals surface area (Å²) < 4.78 is 11.3. The molecular formula is C29H41N5O6. The summed E-state index contributed by atoms with van der Waals surface area (Å²) >= 11 is 0. The van der Waals surface area contributed by atoms with Crippen molar-refractivity contribution in [3.63, 3.8) is 0 Å². The molecular weight excluding hydrogens is 514 g/mol. The second-order valence-electron chi connectivity index (χ2n) is 9.89. The molecule has 2 aromatic rings. The van der Waals surface area contributed by atoms with Crippen LogP contribution in [0.3, 0.4) is 0 Å². The Morgan fingerprint density at radius 2 is 1.60 bits per heavy atom. The van der Waals surface area contributed by atoms with Crippen LogP contribution in [0.1, 0.15) is 37.0 Å². The molecule has 3 N–H and O–H groups in total. The van der Waals surface area contributed by atoms with E-state index in [1.807, 2.05) is 43.3 Å². The molecule has 1 fully saturated rings. The Labute approximate surface area is 236 Å². The SMILES string of the molecule is CCCCONC(=O)[C@](C)(C(=O)N(C)N)N(C)C(=O)c1ccc(-c2ccc(OCCN3CCOCC3)cc2)cc1. The highest BCUT2D eigenvalue weighted by atomic mass is 16.7. The van der Waals surface area contributed by atoms with Gasteiger partial charge in [0.15, 0.2) is 0 Å². The molecule has 0 radical (unpaired) electrons. The normalized spacial score (nSPS) is 15.1. The van der Waals surface area contributed by atoms with Gasteiger partial charge >= 0.3 is 0 Å². The van der Waals surface area contributed by atoms with Crippen molar-refractivity contribution in [1.29, 1.82) is 0 Å². The van der Waals surface area contributed by atoms with Crippen LogP contribution in [-0.4, -0.2) is 98.2 Å². The smallest absolute Gasteiger partial charge is 0.279 e. The van der Waals surface area contributed by atoms with E-state index in [1.54, 1.807) is 12.1 Å². The molecule has 11 heteroatoms. The maximum atomic E-state index is 13.4. The number of morpholine rings is 1. The van der Waals surface area contributed by atoms with Crippen molar-refractivity contribution in [2.24, 2.45) is 5.84 Å². The van der Waals surface area contributed by atoms with E-state index < -0.39 is 23.3 Å². The molecule has 2 aromatic carbocycles. The second kappa shape index (κ2) is 14.8. The van der Waals surface area contributed by atoms with E-state index in [0.717, 1.165) is 72.5 Å². The predicted octanol–water partition coefficient (Wildman–Crippen LogP) is 2.08. The minimum Gasteiger partial charge on any atom is -0.492 e. The number of hydrogen-bond acceptors (Lipinski definition) is 8. The van der Waals surface area contributed by atoms with E-state index in [4.69, 9.17) is 20.2 Å². The van der Waals surface area contributed by atoms with Gasteiger partial charge in [-0.1, -0.05) is 37.6 Å². The van der Waals surface area contributed by atoms with Gasteiger partial charge in [-0.05, 0) is 48.7 Å². The number of rotatable bonds is 13. The Hall–Kier alpha value is -3.51. The summed E-state index contributed by atoms with van der Waals surface area (Å²) in [5, 5.41) is 0.786. The highest BCUT2D eigenvalue weighted by Gasteiger charge is 2.49. The predicted molar refractivity (Wildman–Crippen MR) is 151 cm³/mol. The zero-order chi connectivity index (χ0) is 29.1. The lowest BCUT2D eigenvalue weighted by atomic mass is 9.96. The number of hydroxylamine groups is 1. The van der Waals surface area contributed by atoms with Crippen molar-refractivity contribution in [2.75, 3.05) is 60.2 Å². The van der Waals surface area contributed by atoms with Gasteiger partial charge in [0, 0.05) is 39.3 Å². The zero-order valence-corrected chi connectivity index (χ0v) is 23.9. The van der Waals surface area contributed by atoms with E-state index in [2.05, 4.69) is 10.4 Å². The third-order valence-electron chi connectivity index (χ3n) is 7.02. The Balaban J connectivity index is 1.65. The third kappa shape index (κ3) is 7.79. The van der Waals surface area contributed by atoms with Crippen molar-refractivity contribution in [1.82, 2.24) is 20.3 Å². The van der Waals surface area contributed by atoms with E-state index >= 15 is 0 Å². The van der Waals surface area contributed by atoms with Crippen LogP contribution < -0.4 is 16.1 Å². The summed E-state index contributed by atoms with van der Waals surface area (Å²) in [6.07, 6.45) is 1.60. The Morgan fingerprint density at radius 1 is 1.00 bits per heavy atom. The topological polar surface area (TPSA) is 127 Å². The number of unbranched alkanes of at least 4 members (excludes halogenated alkanes) is 1. The van der Waals surface area contributed by atoms with Gasteiger partial charge in [-0.25, -0.2) is 11.3 Å². The van der Waals surface area contributed by atoms with Crippen LogP contribution >= 0.6 is 0 Å². The molecule has 3 amide bonds. The van der Waals surface area contributed by atoms with Crippen molar-refractivity contribution < 1.29 is 28.7 Å². The molecule has 11 nitrogen and oxygen atoms in total. The minimum absolute atomic E-state index is 0.283. The monoisotopic (exact) mass is 555 g/mol. The highest BCUT2D eigenvalue weighted by molar-refractivity contribution is 6.12. The van der Waals surface area contributed by atoms with Gasteiger partial charge in [0.25, 0.3) is 17.7 Å². The zero-order valence-electron chi connectivity index (χ0n) is 23.9. The number of hydrogen-bond donors (Lipinski definition) is 2. The number of hydrazine groups is 1. The summed E-state index contributed by atoms with van der Waals surface area (Å²) in [5.74, 6) is 4.40. The molecule has 0 bridgehead atoms. The van der Waals surface area contributed by atoms with E-state index in [-0.39, 0.29) is 6.61 Å². The van der Waals surface area contributed by atoms with Crippen molar-refractivity contribution in [3.8, 4) is 16.9 Å². The maximum absolute atomic E-state index is 13.4. The Morgan fingerprint density at radius 3 is 2.17 bits per heavy atom.